The fourth-order valence-electron chi connectivity index (χ4n) is 3.84. The molecule has 2 aliphatic rings. The molecular formula is C19H21FN4O. The number of amides is 1. The van der Waals surface area contributed by atoms with Gasteiger partial charge in [0, 0.05) is 44.1 Å². The molecule has 0 unspecified atom stereocenters. The van der Waals surface area contributed by atoms with Gasteiger partial charge in [0.05, 0.1) is 5.41 Å². The summed E-state index contributed by atoms with van der Waals surface area (Å²) in [5.41, 5.74) is -0.114. The third kappa shape index (κ3) is 2.75. The van der Waals surface area contributed by atoms with Crippen molar-refractivity contribution >= 4 is 11.9 Å². The molecule has 130 valence electrons. The molecule has 1 saturated heterocycles. The van der Waals surface area contributed by atoms with Gasteiger partial charge in [0.1, 0.15) is 5.82 Å². The number of hydrogen-bond acceptors (Lipinski definition) is 4. The third-order valence-corrected chi connectivity index (χ3v) is 5.41. The van der Waals surface area contributed by atoms with E-state index in [4.69, 9.17) is 0 Å². The minimum atomic E-state index is -0.670. The van der Waals surface area contributed by atoms with Crippen molar-refractivity contribution in [3.63, 3.8) is 0 Å². The maximum Gasteiger partial charge on any atom is 0.233 e. The second-order valence-corrected chi connectivity index (χ2v) is 6.74. The molecule has 2 heterocycles. The van der Waals surface area contributed by atoms with Gasteiger partial charge in [-0.25, -0.2) is 14.4 Å². The Bertz CT molecular complexity index is 755. The van der Waals surface area contributed by atoms with Crippen LogP contribution < -0.4 is 4.90 Å². The molecule has 1 aliphatic carbocycles. The van der Waals surface area contributed by atoms with Gasteiger partial charge in [-0.1, -0.05) is 24.6 Å². The molecule has 5 nitrogen and oxygen atoms in total. The van der Waals surface area contributed by atoms with Crippen LogP contribution in [-0.4, -0.2) is 47.0 Å². The van der Waals surface area contributed by atoms with E-state index >= 15 is 0 Å². The monoisotopic (exact) mass is 340 g/mol. The fraction of sp³-hybridized carbons (Fsp3) is 0.421. The lowest BCUT2D eigenvalue weighted by Gasteiger charge is -2.46. The molecule has 25 heavy (non-hydrogen) atoms. The first-order chi connectivity index (χ1) is 12.2. The second-order valence-electron chi connectivity index (χ2n) is 6.74. The first kappa shape index (κ1) is 16.0. The van der Waals surface area contributed by atoms with E-state index in [2.05, 4.69) is 14.9 Å². The van der Waals surface area contributed by atoms with Gasteiger partial charge in [-0.3, -0.25) is 4.79 Å². The van der Waals surface area contributed by atoms with Gasteiger partial charge in [-0.2, -0.15) is 0 Å². The standard InChI is InChI=1S/C19H21FN4O/c20-16-6-2-1-5-15(16)19(7-3-8-19)17(25)23-11-13-24(14-12-23)18-21-9-4-10-22-18/h1-2,4-6,9-10H,3,7-8,11-14H2. The van der Waals surface area contributed by atoms with Gasteiger partial charge in [-0.05, 0) is 25.0 Å². The lowest BCUT2D eigenvalue weighted by atomic mass is 9.63. The van der Waals surface area contributed by atoms with Crippen LogP contribution in [0.3, 0.4) is 0 Å². The van der Waals surface area contributed by atoms with E-state index in [-0.39, 0.29) is 11.7 Å². The Hall–Kier alpha value is -2.50. The molecule has 2 aromatic rings. The zero-order valence-corrected chi connectivity index (χ0v) is 14.1. The zero-order valence-electron chi connectivity index (χ0n) is 14.1. The van der Waals surface area contributed by atoms with Crippen molar-refractivity contribution < 1.29 is 9.18 Å². The Morgan fingerprint density at radius 2 is 1.68 bits per heavy atom. The highest BCUT2D eigenvalue weighted by atomic mass is 19.1. The summed E-state index contributed by atoms with van der Waals surface area (Å²) in [6.45, 7) is 2.63. The summed E-state index contributed by atoms with van der Waals surface area (Å²) in [7, 11) is 0. The summed E-state index contributed by atoms with van der Waals surface area (Å²) >= 11 is 0. The normalized spacial score (nSPS) is 19.4. The van der Waals surface area contributed by atoms with E-state index in [1.54, 1.807) is 30.6 Å². The third-order valence-electron chi connectivity index (χ3n) is 5.41. The van der Waals surface area contributed by atoms with Crippen molar-refractivity contribution in [1.82, 2.24) is 14.9 Å². The highest BCUT2D eigenvalue weighted by Crippen LogP contribution is 2.46. The maximum absolute atomic E-state index is 14.3. The molecule has 0 spiro atoms. The number of benzene rings is 1. The average Bonchev–Trinajstić information content (AvgIpc) is 2.63. The molecule has 1 aromatic carbocycles. The Morgan fingerprint density at radius 3 is 2.28 bits per heavy atom. The number of rotatable bonds is 3. The van der Waals surface area contributed by atoms with Crippen LogP contribution >= 0.6 is 0 Å². The van der Waals surface area contributed by atoms with E-state index in [0.717, 1.165) is 19.3 Å². The molecule has 6 heteroatoms. The Kier molecular flexibility index (Phi) is 4.11. The van der Waals surface area contributed by atoms with Crippen LogP contribution in [0.4, 0.5) is 10.3 Å². The van der Waals surface area contributed by atoms with E-state index in [0.29, 0.717) is 37.7 Å². The SMILES string of the molecule is O=C(N1CCN(c2ncccn2)CC1)C1(c2ccccc2F)CCC1. The van der Waals surface area contributed by atoms with Crippen LogP contribution in [-0.2, 0) is 10.2 Å². The maximum atomic E-state index is 14.3. The summed E-state index contributed by atoms with van der Waals surface area (Å²) in [6, 6.07) is 8.50. The van der Waals surface area contributed by atoms with Gasteiger partial charge in [0.2, 0.25) is 11.9 Å². The van der Waals surface area contributed by atoms with Crippen molar-refractivity contribution in [3.8, 4) is 0 Å². The highest BCUT2D eigenvalue weighted by Gasteiger charge is 2.49. The van der Waals surface area contributed by atoms with Gasteiger partial charge >= 0.3 is 0 Å². The van der Waals surface area contributed by atoms with Crippen molar-refractivity contribution in [2.24, 2.45) is 0 Å². The molecule has 1 aliphatic heterocycles. The van der Waals surface area contributed by atoms with E-state index in [1.807, 2.05) is 11.0 Å². The van der Waals surface area contributed by atoms with Gasteiger partial charge in [0.15, 0.2) is 0 Å². The molecule has 0 N–H and O–H groups in total. The van der Waals surface area contributed by atoms with Crippen molar-refractivity contribution in [2.45, 2.75) is 24.7 Å². The predicted molar refractivity (Wildman–Crippen MR) is 92.8 cm³/mol. The lowest BCUT2D eigenvalue weighted by Crippen LogP contribution is -2.57. The largest absolute Gasteiger partial charge is 0.338 e. The topological polar surface area (TPSA) is 49.3 Å². The van der Waals surface area contributed by atoms with Crippen LogP contribution in [0.25, 0.3) is 0 Å². The quantitative estimate of drug-likeness (QED) is 0.861. The summed E-state index contributed by atoms with van der Waals surface area (Å²) in [5.74, 6) is 0.492. The van der Waals surface area contributed by atoms with Crippen LogP contribution in [0.15, 0.2) is 42.7 Å². The molecule has 4 rings (SSSR count). The summed E-state index contributed by atoms with van der Waals surface area (Å²) < 4.78 is 14.3. The number of halogens is 1. The zero-order chi connectivity index (χ0) is 17.3. The fourth-order valence-corrected chi connectivity index (χ4v) is 3.84. The summed E-state index contributed by atoms with van der Waals surface area (Å²) in [5, 5.41) is 0. The lowest BCUT2D eigenvalue weighted by molar-refractivity contribution is -0.141. The van der Waals surface area contributed by atoms with Gasteiger partial charge < -0.3 is 9.80 Å². The molecular weight excluding hydrogens is 319 g/mol. The molecule has 0 bridgehead atoms. The average molecular weight is 340 g/mol. The first-order valence-electron chi connectivity index (χ1n) is 8.77. The molecule has 1 saturated carbocycles. The molecule has 0 atom stereocenters. The highest BCUT2D eigenvalue weighted by molar-refractivity contribution is 5.89. The van der Waals surface area contributed by atoms with Gasteiger partial charge in [0.25, 0.3) is 0 Å². The van der Waals surface area contributed by atoms with Crippen LogP contribution in [0, 0.1) is 5.82 Å². The van der Waals surface area contributed by atoms with E-state index < -0.39 is 5.41 Å². The van der Waals surface area contributed by atoms with Crippen LogP contribution in [0.1, 0.15) is 24.8 Å². The van der Waals surface area contributed by atoms with Crippen LogP contribution in [0.2, 0.25) is 0 Å². The minimum absolute atomic E-state index is 0.0671. The second kappa shape index (κ2) is 6.43. The number of aromatic nitrogens is 2. The van der Waals surface area contributed by atoms with Crippen LogP contribution in [0.5, 0.6) is 0 Å². The summed E-state index contributed by atoms with van der Waals surface area (Å²) in [6.07, 6.45) is 5.88. The Labute approximate surface area is 146 Å². The van der Waals surface area contributed by atoms with Crippen molar-refractivity contribution in [1.29, 1.82) is 0 Å². The smallest absolute Gasteiger partial charge is 0.233 e. The molecule has 2 fully saturated rings. The molecule has 1 amide bonds. The molecule has 1 aromatic heterocycles. The number of carbonyl (C=O) groups excluding carboxylic acids is 1. The number of hydrogen-bond donors (Lipinski definition) is 0. The predicted octanol–water partition coefficient (Wildman–Crippen LogP) is 2.39. The van der Waals surface area contributed by atoms with Crippen molar-refractivity contribution in [2.75, 3.05) is 31.1 Å². The number of piperazine rings is 1. The number of nitrogens with zero attached hydrogens (tertiary/aromatic N) is 4. The molecule has 0 radical (unpaired) electrons. The van der Waals surface area contributed by atoms with E-state index in [9.17, 15) is 9.18 Å². The van der Waals surface area contributed by atoms with E-state index in [1.165, 1.54) is 6.07 Å². The Morgan fingerprint density at radius 1 is 1.00 bits per heavy atom. The number of anilines is 1. The minimum Gasteiger partial charge on any atom is -0.338 e. The van der Waals surface area contributed by atoms with Gasteiger partial charge in [-0.15, -0.1) is 0 Å². The Balaban J connectivity index is 1.49. The van der Waals surface area contributed by atoms with Crippen molar-refractivity contribution in [3.05, 3.63) is 54.1 Å². The number of carbonyl (C=O) groups is 1. The first-order valence-corrected chi connectivity index (χ1v) is 8.77. The summed E-state index contributed by atoms with van der Waals surface area (Å²) in [4.78, 5) is 25.7.